The minimum Gasteiger partial charge on any atom is -0.495 e. The predicted molar refractivity (Wildman–Crippen MR) is 91.1 cm³/mol. The Morgan fingerprint density at radius 1 is 1.16 bits per heavy atom. The first-order valence-electron chi connectivity index (χ1n) is 7.78. The lowest BCUT2D eigenvalue weighted by atomic mass is 9.85. The van der Waals surface area contributed by atoms with Gasteiger partial charge < -0.3 is 19.7 Å². The summed E-state index contributed by atoms with van der Waals surface area (Å²) >= 11 is 0. The largest absolute Gasteiger partial charge is 0.495 e. The molecule has 130 valence electrons. The highest BCUT2D eigenvalue weighted by Gasteiger charge is 2.48. The van der Waals surface area contributed by atoms with Gasteiger partial charge in [0.1, 0.15) is 11.4 Å². The fourth-order valence-corrected chi connectivity index (χ4v) is 2.81. The van der Waals surface area contributed by atoms with Crippen LogP contribution in [0, 0.1) is 0 Å². The van der Waals surface area contributed by atoms with Crippen LogP contribution in [0.2, 0.25) is 0 Å². The molecular formula is C18H19N3O4. The number of amides is 2. The molecule has 1 aliphatic heterocycles. The van der Waals surface area contributed by atoms with E-state index in [2.05, 4.69) is 10.3 Å². The Kier molecular flexibility index (Phi) is 4.67. The molecule has 7 heteroatoms. The quantitative estimate of drug-likeness (QED) is 0.851. The molecule has 0 unspecified atom stereocenters. The summed E-state index contributed by atoms with van der Waals surface area (Å²) < 4.78 is 10.7. The summed E-state index contributed by atoms with van der Waals surface area (Å²) in [6, 6.07) is 11.3. The third-order valence-electron chi connectivity index (χ3n) is 4.27. The summed E-state index contributed by atoms with van der Waals surface area (Å²) in [4.78, 5) is 29.9. The van der Waals surface area contributed by atoms with E-state index in [0.717, 1.165) is 5.56 Å². The zero-order valence-corrected chi connectivity index (χ0v) is 14.1. The third kappa shape index (κ3) is 3.32. The number of hydrogen-bond donors (Lipinski definition) is 1. The minimum absolute atomic E-state index is 0.329. The van der Waals surface area contributed by atoms with Crippen molar-refractivity contribution in [1.82, 2.24) is 9.88 Å². The Labute approximate surface area is 145 Å². The summed E-state index contributed by atoms with van der Waals surface area (Å²) in [5.74, 6) is -0.823. The number of pyridine rings is 1. The van der Waals surface area contributed by atoms with E-state index in [0.29, 0.717) is 24.5 Å². The molecule has 0 aliphatic carbocycles. The lowest BCUT2D eigenvalue weighted by Crippen LogP contribution is -2.63. The molecule has 1 N–H and O–H groups in total. The average Bonchev–Trinajstić information content (AvgIpc) is 2.62. The first-order valence-corrected chi connectivity index (χ1v) is 7.78. The van der Waals surface area contributed by atoms with Crippen molar-refractivity contribution in [3.05, 3.63) is 54.4 Å². The van der Waals surface area contributed by atoms with Crippen LogP contribution in [-0.2, 0) is 19.9 Å². The van der Waals surface area contributed by atoms with Crippen molar-refractivity contribution in [1.29, 1.82) is 0 Å². The normalized spacial score (nSPS) is 15.2. The van der Waals surface area contributed by atoms with Crippen molar-refractivity contribution in [2.75, 3.05) is 32.6 Å². The molecule has 1 aromatic heterocycles. The molecule has 1 aromatic carbocycles. The highest BCUT2D eigenvalue weighted by atomic mass is 16.5. The Bertz CT molecular complexity index is 773. The van der Waals surface area contributed by atoms with E-state index in [4.69, 9.17) is 9.47 Å². The zero-order chi connectivity index (χ0) is 17.9. The average molecular weight is 341 g/mol. The molecule has 1 saturated heterocycles. The van der Waals surface area contributed by atoms with Gasteiger partial charge in [-0.25, -0.2) is 0 Å². The Morgan fingerprint density at radius 3 is 2.52 bits per heavy atom. The molecule has 1 aliphatic rings. The van der Waals surface area contributed by atoms with Gasteiger partial charge in [-0.15, -0.1) is 0 Å². The number of carbonyl (C=O) groups excluding carboxylic acids is 2. The summed E-state index contributed by atoms with van der Waals surface area (Å²) in [5.41, 5.74) is 0.826. The summed E-state index contributed by atoms with van der Waals surface area (Å²) in [6.45, 7) is 0.659. The number of nitrogens with one attached hydrogen (secondary N) is 1. The molecule has 0 radical (unpaired) electrons. The summed E-state index contributed by atoms with van der Waals surface area (Å²) in [7, 11) is 3.11. The van der Waals surface area contributed by atoms with Crippen LogP contribution in [0.1, 0.15) is 5.56 Å². The van der Waals surface area contributed by atoms with Crippen molar-refractivity contribution in [3.8, 4) is 5.75 Å². The number of hydrogen-bond acceptors (Lipinski definition) is 5. The Hall–Kier alpha value is -2.93. The SMILES string of the molecule is COc1cncc(NC(=O)C(=O)N2CC(OC)(c3ccccc3)C2)c1. The van der Waals surface area contributed by atoms with Gasteiger partial charge in [-0.05, 0) is 5.56 Å². The smallest absolute Gasteiger partial charge is 0.313 e. The second-order valence-electron chi connectivity index (χ2n) is 5.79. The van der Waals surface area contributed by atoms with Crippen molar-refractivity contribution in [2.24, 2.45) is 0 Å². The molecule has 2 heterocycles. The summed E-state index contributed by atoms with van der Waals surface area (Å²) in [6.07, 6.45) is 2.97. The van der Waals surface area contributed by atoms with Crippen LogP contribution in [0.3, 0.4) is 0 Å². The maximum Gasteiger partial charge on any atom is 0.313 e. The number of ether oxygens (including phenoxy) is 2. The van der Waals surface area contributed by atoms with Crippen LogP contribution in [-0.4, -0.2) is 49.0 Å². The van der Waals surface area contributed by atoms with E-state index in [9.17, 15) is 9.59 Å². The molecule has 0 saturated carbocycles. The fourth-order valence-electron chi connectivity index (χ4n) is 2.81. The monoisotopic (exact) mass is 341 g/mol. The van der Waals surface area contributed by atoms with E-state index >= 15 is 0 Å². The summed E-state index contributed by atoms with van der Waals surface area (Å²) in [5, 5.41) is 2.54. The molecule has 0 atom stereocenters. The number of methoxy groups -OCH3 is 2. The van der Waals surface area contributed by atoms with E-state index < -0.39 is 17.4 Å². The maximum atomic E-state index is 12.3. The topological polar surface area (TPSA) is 80.8 Å². The van der Waals surface area contributed by atoms with Crippen molar-refractivity contribution in [3.63, 3.8) is 0 Å². The molecule has 3 rings (SSSR count). The predicted octanol–water partition coefficient (Wildman–Crippen LogP) is 1.41. The highest BCUT2D eigenvalue weighted by molar-refractivity contribution is 6.39. The Morgan fingerprint density at radius 2 is 1.88 bits per heavy atom. The molecular weight excluding hydrogens is 322 g/mol. The van der Waals surface area contributed by atoms with Gasteiger partial charge in [-0.3, -0.25) is 14.6 Å². The van der Waals surface area contributed by atoms with Crippen molar-refractivity contribution >= 4 is 17.5 Å². The molecule has 2 aromatic rings. The minimum atomic E-state index is -0.715. The lowest BCUT2D eigenvalue weighted by molar-refractivity contribution is -0.167. The molecule has 25 heavy (non-hydrogen) atoms. The number of anilines is 1. The number of benzene rings is 1. The van der Waals surface area contributed by atoms with Crippen LogP contribution >= 0.6 is 0 Å². The van der Waals surface area contributed by atoms with Gasteiger partial charge in [0, 0.05) is 13.2 Å². The van der Waals surface area contributed by atoms with Crippen LogP contribution in [0.25, 0.3) is 0 Å². The van der Waals surface area contributed by atoms with Gasteiger partial charge in [0.2, 0.25) is 0 Å². The highest BCUT2D eigenvalue weighted by Crippen LogP contribution is 2.35. The zero-order valence-electron chi connectivity index (χ0n) is 14.1. The van der Waals surface area contributed by atoms with Gasteiger partial charge in [0.05, 0.1) is 38.3 Å². The van der Waals surface area contributed by atoms with Crippen LogP contribution in [0.4, 0.5) is 5.69 Å². The Balaban J connectivity index is 1.63. The number of likely N-dealkylation sites (tertiary alicyclic amines) is 1. The third-order valence-corrected chi connectivity index (χ3v) is 4.27. The van der Waals surface area contributed by atoms with Crippen LogP contribution < -0.4 is 10.1 Å². The maximum absolute atomic E-state index is 12.3. The van der Waals surface area contributed by atoms with E-state index in [1.54, 1.807) is 13.2 Å². The first-order chi connectivity index (χ1) is 12.1. The second kappa shape index (κ2) is 6.90. The molecule has 2 amide bonds. The number of nitrogens with zero attached hydrogens (tertiary/aromatic N) is 2. The van der Waals surface area contributed by atoms with E-state index in [1.807, 2.05) is 30.3 Å². The molecule has 1 fully saturated rings. The van der Waals surface area contributed by atoms with Gasteiger partial charge in [0.15, 0.2) is 0 Å². The number of rotatable bonds is 4. The second-order valence-corrected chi connectivity index (χ2v) is 5.79. The molecule has 0 bridgehead atoms. The lowest BCUT2D eigenvalue weighted by Gasteiger charge is -2.48. The van der Waals surface area contributed by atoms with Gasteiger partial charge >= 0.3 is 11.8 Å². The van der Waals surface area contributed by atoms with E-state index in [1.165, 1.54) is 24.4 Å². The first kappa shape index (κ1) is 16.9. The van der Waals surface area contributed by atoms with Crippen LogP contribution in [0.15, 0.2) is 48.8 Å². The van der Waals surface area contributed by atoms with E-state index in [-0.39, 0.29) is 0 Å². The van der Waals surface area contributed by atoms with Gasteiger partial charge in [-0.1, -0.05) is 30.3 Å². The molecule has 0 spiro atoms. The molecule has 7 nitrogen and oxygen atoms in total. The fraction of sp³-hybridized carbons (Fsp3) is 0.278. The van der Waals surface area contributed by atoms with Crippen molar-refractivity contribution < 1.29 is 19.1 Å². The van der Waals surface area contributed by atoms with Gasteiger partial charge in [-0.2, -0.15) is 0 Å². The number of aromatic nitrogens is 1. The van der Waals surface area contributed by atoms with Crippen molar-refractivity contribution in [2.45, 2.75) is 5.60 Å². The van der Waals surface area contributed by atoms with Crippen LogP contribution in [0.5, 0.6) is 5.75 Å². The van der Waals surface area contributed by atoms with Gasteiger partial charge in [0.25, 0.3) is 0 Å². The number of carbonyl (C=O) groups is 2. The standard InChI is InChI=1S/C18H19N3O4/c1-24-15-8-14(9-19-10-15)20-16(22)17(23)21-11-18(12-21,25-2)13-6-4-3-5-7-13/h3-10H,11-12H2,1-2H3,(H,20,22).